The van der Waals surface area contributed by atoms with Crippen LogP contribution in [0.3, 0.4) is 0 Å². The second kappa shape index (κ2) is 4.93. The minimum absolute atomic E-state index is 0.104. The van der Waals surface area contributed by atoms with Crippen LogP contribution in [0.1, 0.15) is 16.8 Å². The third-order valence-electron chi connectivity index (χ3n) is 3.48. The molecule has 0 amide bonds. The maximum Gasteiger partial charge on any atom is 0.138 e. The number of hydrogen-bond acceptors (Lipinski definition) is 2. The molecular weight excluding hydrogens is 272 g/mol. The van der Waals surface area contributed by atoms with Crippen LogP contribution in [0.25, 0.3) is 16.9 Å². The summed E-state index contributed by atoms with van der Waals surface area (Å²) in [6, 6.07) is 11.7. The molecule has 0 unspecified atom stereocenters. The van der Waals surface area contributed by atoms with Gasteiger partial charge in [-0.2, -0.15) is 0 Å². The van der Waals surface area contributed by atoms with Gasteiger partial charge < -0.3 is 5.11 Å². The number of imidazole rings is 1. The molecule has 0 radical (unpaired) electrons. The highest BCUT2D eigenvalue weighted by Gasteiger charge is 2.16. The van der Waals surface area contributed by atoms with Gasteiger partial charge in [-0.25, -0.2) is 4.98 Å². The van der Waals surface area contributed by atoms with Crippen LogP contribution in [0.15, 0.2) is 36.4 Å². The summed E-state index contributed by atoms with van der Waals surface area (Å²) in [6.07, 6.45) is 0. The molecule has 0 aliphatic rings. The van der Waals surface area contributed by atoms with E-state index in [4.69, 9.17) is 11.6 Å². The molecule has 1 aromatic carbocycles. The molecule has 4 heteroatoms. The highest BCUT2D eigenvalue weighted by atomic mass is 35.5. The van der Waals surface area contributed by atoms with Crippen LogP contribution in [0.4, 0.5) is 0 Å². The fourth-order valence-corrected chi connectivity index (χ4v) is 2.81. The first-order chi connectivity index (χ1) is 9.61. The molecule has 2 heterocycles. The molecule has 20 heavy (non-hydrogen) atoms. The quantitative estimate of drug-likeness (QED) is 0.728. The van der Waals surface area contributed by atoms with Crippen molar-refractivity contribution in [3.8, 4) is 11.3 Å². The van der Waals surface area contributed by atoms with Crippen LogP contribution < -0.4 is 0 Å². The lowest BCUT2D eigenvalue weighted by atomic mass is 10.0. The average Bonchev–Trinajstić information content (AvgIpc) is 2.78. The predicted molar refractivity (Wildman–Crippen MR) is 81.0 cm³/mol. The lowest BCUT2D eigenvalue weighted by Crippen LogP contribution is -1.96. The normalized spacial score (nSPS) is 11.2. The number of aliphatic hydroxyl groups excluding tert-OH is 1. The number of aliphatic hydroxyl groups is 1. The van der Waals surface area contributed by atoms with E-state index in [-0.39, 0.29) is 6.61 Å². The van der Waals surface area contributed by atoms with Crippen LogP contribution in [0.2, 0.25) is 5.15 Å². The molecular formula is C16H15ClN2O. The van der Waals surface area contributed by atoms with E-state index in [9.17, 15) is 5.11 Å². The van der Waals surface area contributed by atoms with Crippen LogP contribution in [0, 0.1) is 13.8 Å². The molecule has 3 nitrogen and oxygen atoms in total. The summed E-state index contributed by atoms with van der Waals surface area (Å²) in [6.45, 7) is 4.01. The summed E-state index contributed by atoms with van der Waals surface area (Å²) in [4.78, 5) is 4.62. The van der Waals surface area contributed by atoms with Crippen LogP contribution in [-0.4, -0.2) is 14.5 Å². The topological polar surface area (TPSA) is 37.5 Å². The molecule has 0 saturated heterocycles. The number of halogens is 1. The average molecular weight is 287 g/mol. The van der Waals surface area contributed by atoms with Gasteiger partial charge in [0, 0.05) is 5.56 Å². The predicted octanol–water partition coefficient (Wildman–Crippen LogP) is 3.76. The van der Waals surface area contributed by atoms with Crippen molar-refractivity contribution >= 4 is 17.2 Å². The number of pyridine rings is 1. The van der Waals surface area contributed by atoms with Crippen molar-refractivity contribution in [3.05, 3.63) is 58.4 Å². The Hall–Kier alpha value is -1.84. The molecule has 0 saturated carbocycles. The minimum atomic E-state index is -0.104. The van der Waals surface area contributed by atoms with Crippen LogP contribution in [0.5, 0.6) is 0 Å². The van der Waals surface area contributed by atoms with Gasteiger partial charge in [0.25, 0.3) is 0 Å². The molecule has 1 N–H and O–H groups in total. The molecule has 2 aromatic heterocycles. The van der Waals surface area contributed by atoms with Gasteiger partial charge >= 0.3 is 0 Å². The number of aryl methyl sites for hydroxylation is 2. The van der Waals surface area contributed by atoms with Crippen molar-refractivity contribution in [1.82, 2.24) is 9.38 Å². The van der Waals surface area contributed by atoms with Gasteiger partial charge in [0.05, 0.1) is 18.0 Å². The number of fused-ring (bicyclic) bond motifs is 1. The fraction of sp³-hybridized carbons (Fsp3) is 0.188. The molecule has 3 rings (SSSR count). The second-order valence-electron chi connectivity index (χ2n) is 4.93. The highest BCUT2D eigenvalue weighted by molar-refractivity contribution is 6.29. The van der Waals surface area contributed by atoms with Crippen molar-refractivity contribution in [1.29, 1.82) is 0 Å². The number of benzene rings is 1. The molecule has 0 fully saturated rings. The highest BCUT2D eigenvalue weighted by Crippen LogP contribution is 2.29. The van der Waals surface area contributed by atoms with E-state index in [1.165, 1.54) is 5.56 Å². The Morgan fingerprint density at radius 2 is 2.00 bits per heavy atom. The number of hydrogen-bond donors (Lipinski definition) is 1. The van der Waals surface area contributed by atoms with E-state index in [0.29, 0.717) is 5.15 Å². The van der Waals surface area contributed by atoms with Gasteiger partial charge in [0.15, 0.2) is 0 Å². The second-order valence-corrected chi connectivity index (χ2v) is 5.31. The SMILES string of the molecule is Cc1ccc(-c2nc3cccc(Cl)n3c2CO)c(C)c1. The van der Waals surface area contributed by atoms with E-state index in [0.717, 1.165) is 28.2 Å². The van der Waals surface area contributed by atoms with E-state index >= 15 is 0 Å². The van der Waals surface area contributed by atoms with E-state index in [1.807, 2.05) is 18.2 Å². The Morgan fingerprint density at radius 1 is 1.20 bits per heavy atom. The summed E-state index contributed by atoms with van der Waals surface area (Å²) in [7, 11) is 0. The standard InChI is InChI=1S/C16H15ClN2O/c1-10-6-7-12(11(2)8-10)16-13(9-20)19-14(17)4-3-5-15(19)18-16/h3-8,20H,9H2,1-2H3. The van der Waals surface area contributed by atoms with E-state index in [2.05, 4.69) is 31.0 Å². The first kappa shape index (κ1) is 13.2. The maximum atomic E-state index is 9.72. The van der Waals surface area contributed by atoms with Gasteiger partial charge in [-0.15, -0.1) is 0 Å². The summed E-state index contributed by atoms with van der Waals surface area (Å²) in [5.41, 5.74) is 5.63. The molecule has 102 valence electrons. The summed E-state index contributed by atoms with van der Waals surface area (Å²) >= 11 is 6.22. The Balaban J connectivity index is 2.33. The van der Waals surface area contributed by atoms with Crippen molar-refractivity contribution in [3.63, 3.8) is 0 Å². The first-order valence-electron chi connectivity index (χ1n) is 6.46. The maximum absolute atomic E-state index is 9.72. The van der Waals surface area contributed by atoms with Gasteiger partial charge in [0.2, 0.25) is 0 Å². The zero-order valence-electron chi connectivity index (χ0n) is 11.4. The van der Waals surface area contributed by atoms with E-state index in [1.54, 1.807) is 10.5 Å². The number of rotatable bonds is 2. The van der Waals surface area contributed by atoms with Crippen molar-refractivity contribution in [2.24, 2.45) is 0 Å². The van der Waals surface area contributed by atoms with Gasteiger partial charge in [-0.05, 0) is 31.5 Å². The van der Waals surface area contributed by atoms with Crippen molar-refractivity contribution in [2.45, 2.75) is 20.5 Å². The lowest BCUT2D eigenvalue weighted by molar-refractivity contribution is 0.276. The zero-order valence-corrected chi connectivity index (χ0v) is 12.1. The first-order valence-corrected chi connectivity index (χ1v) is 6.84. The zero-order chi connectivity index (χ0) is 14.3. The number of nitrogens with zero attached hydrogens (tertiary/aromatic N) is 2. The Labute approximate surface area is 122 Å². The molecule has 0 aliphatic carbocycles. The largest absolute Gasteiger partial charge is 0.390 e. The van der Waals surface area contributed by atoms with E-state index < -0.39 is 0 Å². The van der Waals surface area contributed by atoms with Crippen LogP contribution >= 0.6 is 11.6 Å². The Morgan fingerprint density at radius 3 is 2.70 bits per heavy atom. The smallest absolute Gasteiger partial charge is 0.138 e. The van der Waals surface area contributed by atoms with Crippen molar-refractivity contribution < 1.29 is 5.11 Å². The summed E-state index contributed by atoms with van der Waals surface area (Å²) in [5.74, 6) is 0. The molecule has 0 atom stereocenters. The number of aromatic nitrogens is 2. The molecule has 0 spiro atoms. The van der Waals surface area contributed by atoms with Gasteiger partial charge in [-0.1, -0.05) is 41.4 Å². The van der Waals surface area contributed by atoms with Gasteiger partial charge in [0.1, 0.15) is 10.8 Å². The minimum Gasteiger partial charge on any atom is -0.390 e. The van der Waals surface area contributed by atoms with Crippen molar-refractivity contribution in [2.75, 3.05) is 0 Å². The van der Waals surface area contributed by atoms with Crippen LogP contribution in [-0.2, 0) is 6.61 Å². The summed E-state index contributed by atoms with van der Waals surface area (Å²) in [5, 5.41) is 10.3. The Bertz CT molecular complexity index is 793. The fourth-order valence-electron chi connectivity index (χ4n) is 2.55. The molecule has 0 bridgehead atoms. The monoisotopic (exact) mass is 286 g/mol. The third kappa shape index (κ3) is 1.99. The molecule has 3 aromatic rings. The third-order valence-corrected chi connectivity index (χ3v) is 3.77. The molecule has 0 aliphatic heterocycles. The summed E-state index contributed by atoms with van der Waals surface area (Å²) < 4.78 is 1.79. The van der Waals surface area contributed by atoms with Gasteiger partial charge in [-0.3, -0.25) is 4.40 Å². The Kier molecular flexibility index (Phi) is 3.24. The lowest BCUT2D eigenvalue weighted by Gasteiger charge is -2.07.